The first-order chi connectivity index (χ1) is 5.77. The fraction of sp³-hybridized carbons (Fsp3) is 0.625. The first-order valence-electron chi connectivity index (χ1n) is 4.02. The van der Waals surface area contributed by atoms with Gasteiger partial charge in [-0.15, -0.1) is 10.2 Å². The van der Waals surface area contributed by atoms with Crippen molar-refractivity contribution in [2.75, 3.05) is 7.11 Å². The molecule has 0 amide bonds. The van der Waals surface area contributed by atoms with E-state index in [4.69, 9.17) is 4.74 Å². The van der Waals surface area contributed by atoms with Crippen LogP contribution in [0.3, 0.4) is 0 Å². The van der Waals surface area contributed by atoms with Gasteiger partial charge in [0.15, 0.2) is 5.82 Å². The Morgan fingerprint density at radius 2 is 2.08 bits per heavy atom. The van der Waals surface area contributed by atoms with Gasteiger partial charge in [0.25, 0.3) is 0 Å². The smallest absolute Gasteiger partial charge is 0.238 e. The van der Waals surface area contributed by atoms with Gasteiger partial charge in [0.2, 0.25) is 5.88 Å². The van der Waals surface area contributed by atoms with Gasteiger partial charge >= 0.3 is 0 Å². The van der Waals surface area contributed by atoms with E-state index in [0.717, 1.165) is 24.4 Å². The second-order valence-electron chi connectivity index (χ2n) is 2.57. The number of ether oxygens (including phenoxy) is 1. The minimum Gasteiger partial charge on any atom is -0.480 e. The van der Waals surface area contributed by atoms with Crippen LogP contribution in [0, 0.1) is 6.92 Å². The van der Waals surface area contributed by atoms with E-state index in [1.165, 1.54) is 0 Å². The first-order valence-corrected chi connectivity index (χ1v) is 4.02. The third-order valence-corrected chi connectivity index (χ3v) is 1.52. The quantitative estimate of drug-likeness (QED) is 0.677. The molecule has 1 aromatic rings. The molecule has 4 heteroatoms. The van der Waals surface area contributed by atoms with Gasteiger partial charge in [0.05, 0.1) is 7.11 Å². The number of aromatic nitrogens is 3. The molecule has 12 heavy (non-hydrogen) atoms. The van der Waals surface area contributed by atoms with Crippen LogP contribution in [0.25, 0.3) is 0 Å². The van der Waals surface area contributed by atoms with Gasteiger partial charge in [-0.05, 0) is 13.3 Å². The summed E-state index contributed by atoms with van der Waals surface area (Å²) in [4.78, 5) is 4.18. The molecular formula is C8H13N3O. The lowest BCUT2D eigenvalue weighted by Crippen LogP contribution is -2.02. The van der Waals surface area contributed by atoms with Crippen LogP contribution in [0.15, 0.2) is 0 Å². The number of nitrogens with zero attached hydrogens (tertiary/aromatic N) is 3. The highest BCUT2D eigenvalue weighted by atomic mass is 16.5. The molecule has 0 bridgehead atoms. The van der Waals surface area contributed by atoms with Crippen molar-refractivity contribution in [3.05, 3.63) is 11.5 Å². The standard InChI is InChI=1S/C8H13N3O/c1-4-5-7-9-8(12-3)6(2)10-11-7/h4-5H2,1-3H3. The van der Waals surface area contributed by atoms with Crippen molar-refractivity contribution in [1.82, 2.24) is 15.2 Å². The SMILES string of the molecule is CCCc1nnc(C)c(OC)n1. The van der Waals surface area contributed by atoms with Gasteiger partial charge in [-0.3, -0.25) is 0 Å². The number of hydrogen-bond donors (Lipinski definition) is 0. The third kappa shape index (κ3) is 1.90. The molecule has 0 aliphatic rings. The minimum absolute atomic E-state index is 0.577. The van der Waals surface area contributed by atoms with E-state index >= 15 is 0 Å². The first kappa shape index (κ1) is 8.90. The lowest BCUT2D eigenvalue weighted by Gasteiger charge is -2.02. The van der Waals surface area contributed by atoms with Gasteiger partial charge in [-0.25, -0.2) is 0 Å². The fourth-order valence-corrected chi connectivity index (χ4v) is 0.919. The minimum atomic E-state index is 0.577. The maximum atomic E-state index is 5.02. The monoisotopic (exact) mass is 167 g/mol. The lowest BCUT2D eigenvalue weighted by atomic mass is 10.3. The molecule has 0 aromatic carbocycles. The molecule has 0 radical (unpaired) electrons. The zero-order chi connectivity index (χ0) is 8.97. The molecular weight excluding hydrogens is 154 g/mol. The summed E-state index contributed by atoms with van der Waals surface area (Å²) in [5, 5.41) is 7.87. The highest BCUT2D eigenvalue weighted by Gasteiger charge is 2.03. The van der Waals surface area contributed by atoms with Crippen LogP contribution in [-0.4, -0.2) is 22.3 Å². The van der Waals surface area contributed by atoms with Crippen molar-refractivity contribution >= 4 is 0 Å². The average molecular weight is 167 g/mol. The maximum Gasteiger partial charge on any atom is 0.238 e. The molecule has 66 valence electrons. The lowest BCUT2D eigenvalue weighted by molar-refractivity contribution is 0.386. The van der Waals surface area contributed by atoms with Gasteiger partial charge < -0.3 is 4.74 Å². The third-order valence-electron chi connectivity index (χ3n) is 1.52. The Bertz CT molecular complexity index is 262. The van der Waals surface area contributed by atoms with E-state index in [1.807, 2.05) is 6.92 Å². The summed E-state index contributed by atoms with van der Waals surface area (Å²) in [7, 11) is 1.59. The largest absolute Gasteiger partial charge is 0.480 e. The van der Waals surface area contributed by atoms with E-state index in [0.29, 0.717) is 5.88 Å². The Labute approximate surface area is 72.0 Å². The van der Waals surface area contributed by atoms with Crippen LogP contribution in [0.5, 0.6) is 5.88 Å². The summed E-state index contributed by atoms with van der Waals surface area (Å²) in [6, 6.07) is 0. The van der Waals surface area contributed by atoms with Crippen molar-refractivity contribution < 1.29 is 4.74 Å². The molecule has 0 fully saturated rings. The van der Waals surface area contributed by atoms with Crippen molar-refractivity contribution in [3.63, 3.8) is 0 Å². The summed E-state index contributed by atoms with van der Waals surface area (Å²) < 4.78 is 5.02. The Hall–Kier alpha value is -1.19. The molecule has 1 heterocycles. The average Bonchev–Trinajstić information content (AvgIpc) is 2.09. The van der Waals surface area contributed by atoms with Crippen LogP contribution in [-0.2, 0) is 6.42 Å². The summed E-state index contributed by atoms with van der Waals surface area (Å²) in [5.74, 6) is 1.33. The highest BCUT2D eigenvalue weighted by molar-refractivity contribution is 5.14. The maximum absolute atomic E-state index is 5.02. The number of hydrogen-bond acceptors (Lipinski definition) is 4. The van der Waals surface area contributed by atoms with E-state index in [1.54, 1.807) is 7.11 Å². The van der Waals surface area contributed by atoms with Crippen LogP contribution in [0.1, 0.15) is 24.9 Å². The Morgan fingerprint density at radius 3 is 2.67 bits per heavy atom. The predicted octanol–water partition coefficient (Wildman–Crippen LogP) is 1.14. The Morgan fingerprint density at radius 1 is 1.33 bits per heavy atom. The molecule has 0 atom stereocenters. The Balaban J connectivity index is 2.89. The van der Waals surface area contributed by atoms with Gasteiger partial charge in [0.1, 0.15) is 5.69 Å². The van der Waals surface area contributed by atoms with Crippen molar-refractivity contribution in [2.24, 2.45) is 0 Å². The molecule has 0 aliphatic heterocycles. The summed E-state index contributed by atoms with van der Waals surface area (Å²) >= 11 is 0. The number of aryl methyl sites for hydroxylation is 2. The predicted molar refractivity (Wildman–Crippen MR) is 45.1 cm³/mol. The van der Waals surface area contributed by atoms with E-state index in [2.05, 4.69) is 22.1 Å². The fourth-order valence-electron chi connectivity index (χ4n) is 0.919. The van der Waals surface area contributed by atoms with Crippen molar-refractivity contribution in [3.8, 4) is 5.88 Å². The summed E-state index contributed by atoms with van der Waals surface area (Å²) in [6.07, 6.45) is 1.87. The van der Waals surface area contributed by atoms with Gasteiger partial charge in [-0.1, -0.05) is 6.92 Å². The molecule has 1 aromatic heterocycles. The topological polar surface area (TPSA) is 47.9 Å². The zero-order valence-corrected chi connectivity index (χ0v) is 7.66. The molecule has 4 nitrogen and oxygen atoms in total. The van der Waals surface area contributed by atoms with Gasteiger partial charge in [-0.2, -0.15) is 4.98 Å². The van der Waals surface area contributed by atoms with E-state index in [9.17, 15) is 0 Å². The summed E-state index contributed by atoms with van der Waals surface area (Å²) in [6.45, 7) is 3.91. The molecule has 0 N–H and O–H groups in total. The van der Waals surface area contributed by atoms with E-state index in [-0.39, 0.29) is 0 Å². The van der Waals surface area contributed by atoms with Crippen LogP contribution < -0.4 is 4.74 Å². The van der Waals surface area contributed by atoms with Crippen molar-refractivity contribution in [2.45, 2.75) is 26.7 Å². The van der Waals surface area contributed by atoms with E-state index < -0.39 is 0 Å². The molecule has 0 saturated heterocycles. The molecule has 0 unspecified atom stereocenters. The number of methoxy groups -OCH3 is 1. The molecule has 0 spiro atoms. The van der Waals surface area contributed by atoms with Crippen molar-refractivity contribution in [1.29, 1.82) is 0 Å². The second kappa shape index (κ2) is 3.99. The van der Waals surface area contributed by atoms with Crippen LogP contribution in [0.4, 0.5) is 0 Å². The van der Waals surface area contributed by atoms with Gasteiger partial charge in [0, 0.05) is 6.42 Å². The Kier molecular flexibility index (Phi) is 2.96. The molecule has 1 rings (SSSR count). The summed E-state index contributed by atoms with van der Waals surface area (Å²) in [5.41, 5.74) is 0.734. The number of rotatable bonds is 3. The molecule has 0 aliphatic carbocycles. The second-order valence-corrected chi connectivity index (χ2v) is 2.57. The van der Waals surface area contributed by atoms with Crippen LogP contribution >= 0.6 is 0 Å². The normalized spacial score (nSPS) is 9.92. The highest BCUT2D eigenvalue weighted by Crippen LogP contribution is 2.09. The van der Waals surface area contributed by atoms with Crippen LogP contribution in [0.2, 0.25) is 0 Å². The molecule has 0 saturated carbocycles. The zero-order valence-electron chi connectivity index (χ0n) is 7.66.